The average Bonchev–Trinajstić information content (AvgIpc) is 2.08. The molecule has 0 aliphatic carbocycles. The molecule has 0 spiro atoms. The van der Waals surface area contributed by atoms with Gasteiger partial charge in [0, 0.05) is 0 Å². The van der Waals surface area contributed by atoms with Gasteiger partial charge < -0.3 is 4.18 Å². The summed E-state index contributed by atoms with van der Waals surface area (Å²) in [4.78, 5) is 0. The smallest absolute Gasteiger partial charge is 0.361 e. The molecule has 0 aromatic heterocycles. The SMILES string of the molecule is CCOS(=O)(=O)Oc1ccccc1C. The predicted molar refractivity (Wildman–Crippen MR) is 52.4 cm³/mol. The van der Waals surface area contributed by atoms with Crippen LogP contribution in [0, 0.1) is 6.92 Å². The highest BCUT2D eigenvalue weighted by Crippen LogP contribution is 2.18. The number of rotatable bonds is 4. The molecule has 1 aromatic carbocycles. The molecule has 4 nitrogen and oxygen atoms in total. The molecule has 0 aliphatic rings. The summed E-state index contributed by atoms with van der Waals surface area (Å²) in [5.74, 6) is 0.293. The molecule has 0 bridgehead atoms. The lowest BCUT2D eigenvalue weighted by atomic mass is 10.2. The average molecular weight is 216 g/mol. The topological polar surface area (TPSA) is 52.6 Å². The zero-order chi connectivity index (χ0) is 10.6. The first-order valence-electron chi connectivity index (χ1n) is 4.19. The van der Waals surface area contributed by atoms with Crippen molar-refractivity contribution >= 4 is 10.4 Å². The van der Waals surface area contributed by atoms with Crippen LogP contribution in [0.15, 0.2) is 24.3 Å². The molecule has 0 amide bonds. The van der Waals surface area contributed by atoms with Crippen molar-refractivity contribution < 1.29 is 16.8 Å². The van der Waals surface area contributed by atoms with Gasteiger partial charge in [-0.1, -0.05) is 18.2 Å². The molecular weight excluding hydrogens is 204 g/mol. The van der Waals surface area contributed by atoms with E-state index in [0.29, 0.717) is 5.75 Å². The van der Waals surface area contributed by atoms with E-state index >= 15 is 0 Å². The van der Waals surface area contributed by atoms with E-state index < -0.39 is 10.4 Å². The molecule has 5 heteroatoms. The van der Waals surface area contributed by atoms with Crippen LogP contribution in [0.1, 0.15) is 12.5 Å². The monoisotopic (exact) mass is 216 g/mol. The molecule has 0 saturated heterocycles. The Bertz CT molecular complexity index is 397. The first-order valence-corrected chi connectivity index (χ1v) is 5.53. The van der Waals surface area contributed by atoms with Gasteiger partial charge in [0.15, 0.2) is 0 Å². The van der Waals surface area contributed by atoms with Gasteiger partial charge in [-0.3, -0.25) is 0 Å². The Hall–Kier alpha value is -1.07. The molecule has 1 rings (SSSR count). The molecule has 14 heavy (non-hydrogen) atoms. The molecule has 0 fully saturated rings. The van der Waals surface area contributed by atoms with Crippen molar-refractivity contribution in [3.8, 4) is 5.75 Å². The molecule has 0 radical (unpaired) electrons. The molecule has 0 heterocycles. The van der Waals surface area contributed by atoms with Crippen molar-refractivity contribution in [3.63, 3.8) is 0 Å². The summed E-state index contributed by atoms with van der Waals surface area (Å²) in [6.45, 7) is 3.41. The number of aryl methyl sites for hydroxylation is 1. The van der Waals surface area contributed by atoms with Gasteiger partial charge >= 0.3 is 10.4 Å². The Morgan fingerprint density at radius 1 is 1.29 bits per heavy atom. The second kappa shape index (κ2) is 4.43. The molecule has 0 unspecified atom stereocenters. The van der Waals surface area contributed by atoms with E-state index in [1.165, 1.54) is 0 Å². The van der Waals surface area contributed by atoms with Gasteiger partial charge in [0.1, 0.15) is 5.75 Å². The molecule has 1 aromatic rings. The quantitative estimate of drug-likeness (QED) is 0.768. The van der Waals surface area contributed by atoms with E-state index in [1.807, 2.05) is 0 Å². The predicted octanol–water partition coefficient (Wildman–Crippen LogP) is 1.66. The fourth-order valence-corrected chi connectivity index (χ4v) is 1.67. The Morgan fingerprint density at radius 3 is 2.50 bits per heavy atom. The van der Waals surface area contributed by atoms with Crippen LogP contribution in [0.4, 0.5) is 0 Å². The maximum Gasteiger partial charge on any atom is 0.449 e. The zero-order valence-electron chi connectivity index (χ0n) is 8.06. The van der Waals surface area contributed by atoms with E-state index in [0.717, 1.165) is 5.56 Å². The molecule has 0 saturated carbocycles. The van der Waals surface area contributed by atoms with Crippen LogP contribution in [0.2, 0.25) is 0 Å². The number of para-hydroxylation sites is 1. The fraction of sp³-hybridized carbons (Fsp3) is 0.333. The lowest BCUT2D eigenvalue weighted by molar-refractivity contribution is 0.287. The third-order valence-electron chi connectivity index (χ3n) is 1.55. The Labute approximate surface area is 83.8 Å². The van der Waals surface area contributed by atoms with E-state index in [1.54, 1.807) is 38.1 Å². The van der Waals surface area contributed by atoms with Crippen LogP contribution in [0.25, 0.3) is 0 Å². The van der Waals surface area contributed by atoms with Crippen LogP contribution in [0.5, 0.6) is 5.75 Å². The zero-order valence-corrected chi connectivity index (χ0v) is 8.87. The summed E-state index contributed by atoms with van der Waals surface area (Å²) in [7, 11) is -3.91. The van der Waals surface area contributed by atoms with E-state index in [-0.39, 0.29) is 6.61 Å². The second-order valence-electron chi connectivity index (χ2n) is 2.66. The van der Waals surface area contributed by atoms with Crippen LogP contribution in [-0.4, -0.2) is 15.0 Å². The van der Waals surface area contributed by atoms with Crippen molar-refractivity contribution in [1.82, 2.24) is 0 Å². The Morgan fingerprint density at radius 2 is 1.93 bits per heavy atom. The molecular formula is C9H12O4S. The summed E-state index contributed by atoms with van der Waals surface area (Å²) < 4.78 is 31.4. The molecule has 0 N–H and O–H groups in total. The van der Waals surface area contributed by atoms with Crippen LogP contribution >= 0.6 is 0 Å². The second-order valence-corrected chi connectivity index (χ2v) is 3.88. The van der Waals surface area contributed by atoms with Crippen molar-refractivity contribution in [3.05, 3.63) is 29.8 Å². The van der Waals surface area contributed by atoms with Gasteiger partial charge in [0.05, 0.1) is 6.61 Å². The minimum absolute atomic E-state index is 0.0637. The highest BCUT2D eigenvalue weighted by atomic mass is 32.3. The lowest BCUT2D eigenvalue weighted by Gasteiger charge is -2.07. The highest BCUT2D eigenvalue weighted by Gasteiger charge is 2.13. The van der Waals surface area contributed by atoms with Gasteiger partial charge in [0.2, 0.25) is 0 Å². The summed E-state index contributed by atoms with van der Waals surface area (Å²) >= 11 is 0. The summed E-state index contributed by atoms with van der Waals surface area (Å²) in [6.07, 6.45) is 0. The summed E-state index contributed by atoms with van der Waals surface area (Å²) in [5, 5.41) is 0. The maximum absolute atomic E-state index is 11.1. The molecule has 0 aliphatic heterocycles. The normalized spacial score (nSPS) is 11.3. The third-order valence-corrected chi connectivity index (χ3v) is 2.46. The first-order chi connectivity index (χ1) is 6.55. The minimum Gasteiger partial charge on any atom is -0.361 e. The summed E-state index contributed by atoms with van der Waals surface area (Å²) in [5.41, 5.74) is 0.746. The van der Waals surface area contributed by atoms with Crippen molar-refractivity contribution in [2.24, 2.45) is 0 Å². The van der Waals surface area contributed by atoms with Gasteiger partial charge in [-0.2, -0.15) is 8.42 Å². The fourth-order valence-electron chi connectivity index (χ4n) is 0.928. The van der Waals surface area contributed by atoms with Crippen molar-refractivity contribution in [2.75, 3.05) is 6.61 Å². The molecule has 0 atom stereocenters. The van der Waals surface area contributed by atoms with Crippen LogP contribution in [-0.2, 0) is 14.6 Å². The minimum atomic E-state index is -3.91. The highest BCUT2D eigenvalue weighted by molar-refractivity contribution is 7.82. The molecule has 78 valence electrons. The van der Waals surface area contributed by atoms with E-state index in [2.05, 4.69) is 4.18 Å². The van der Waals surface area contributed by atoms with Crippen molar-refractivity contribution in [2.45, 2.75) is 13.8 Å². The van der Waals surface area contributed by atoms with E-state index in [9.17, 15) is 8.42 Å². The Kier molecular flexibility index (Phi) is 3.49. The summed E-state index contributed by atoms with van der Waals surface area (Å²) in [6, 6.07) is 6.84. The third kappa shape index (κ3) is 3.01. The van der Waals surface area contributed by atoms with Crippen LogP contribution < -0.4 is 4.18 Å². The largest absolute Gasteiger partial charge is 0.449 e. The van der Waals surface area contributed by atoms with Crippen molar-refractivity contribution in [1.29, 1.82) is 0 Å². The first kappa shape index (κ1) is 11.0. The van der Waals surface area contributed by atoms with Gasteiger partial charge in [0.25, 0.3) is 0 Å². The number of hydrogen-bond acceptors (Lipinski definition) is 4. The van der Waals surface area contributed by atoms with Gasteiger partial charge in [-0.25, -0.2) is 4.18 Å². The van der Waals surface area contributed by atoms with Crippen LogP contribution in [0.3, 0.4) is 0 Å². The maximum atomic E-state index is 11.1. The number of hydrogen-bond donors (Lipinski definition) is 0. The number of benzene rings is 1. The lowest BCUT2D eigenvalue weighted by Crippen LogP contribution is -2.13. The standard InChI is InChI=1S/C9H12O4S/c1-3-12-14(10,11)13-9-7-5-4-6-8(9)2/h4-7H,3H2,1-2H3. The van der Waals surface area contributed by atoms with Gasteiger partial charge in [-0.05, 0) is 25.5 Å². The Balaban J connectivity index is 2.84. The van der Waals surface area contributed by atoms with E-state index in [4.69, 9.17) is 4.18 Å². The van der Waals surface area contributed by atoms with Gasteiger partial charge in [-0.15, -0.1) is 0 Å².